The second kappa shape index (κ2) is 14.8. The molecule has 0 bridgehead atoms. The van der Waals surface area contributed by atoms with E-state index in [9.17, 15) is 15.0 Å². The summed E-state index contributed by atoms with van der Waals surface area (Å²) < 4.78 is 13.1. The van der Waals surface area contributed by atoms with Crippen molar-refractivity contribution in [2.75, 3.05) is 13.6 Å². The molecule has 1 saturated heterocycles. The molecule has 1 aliphatic rings. The van der Waals surface area contributed by atoms with Gasteiger partial charge in [-0.05, 0) is 53.4 Å². The van der Waals surface area contributed by atoms with Gasteiger partial charge in [0, 0.05) is 38.0 Å². The molecule has 0 aromatic heterocycles. The Kier molecular flexibility index (Phi) is 10.6. The Morgan fingerprint density at radius 1 is 0.886 bits per heavy atom. The van der Waals surface area contributed by atoms with E-state index >= 15 is 0 Å². The van der Waals surface area contributed by atoms with E-state index in [4.69, 9.17) is 9.47 Å². The molecule has 230 valence electrons. The Balaban J connectivity index is 1.34. The largest absolute Gasteiger partial charge is 0.392 e. The highest BCUT2D eigenvalue weighted by atomic mass is 16.7. The highest BCUT2D eigenvalue weighted by Gasteiger charge is 2.34. The summed E-state index contributed by atoms with van der Waals surface area (Å²) in [5.74, 6) is -0.0544. The lowest BCUT2D eigenvalue weighted by molar-refractivity contribution is -0.253. The summed E-state index contributed by atoms with van der Waals surface area (Å²) in [4.78, 5) is 13.5. The highest BCUT2D eigenvalue weighted by Crippen LogP contribution is 2.39. The zero-order valence-electron chi connectivity index (χ0n) is 25.6. The predicted molar refractivity (Wildman–Crippen MR) is 171 cm³/mol. The van der Waals surface area contributed by atoms with Crippen LogP contribution in [0.3, 0.4) is 0 Å². The van der Waals surface area contributed by atoms with Crippen LogP contribution in [0.1, 0.15) is 66.6 Å². The second-order valence-electron chi connectivity index (χ2n) is 11.6. The minimum atomic E-state index is -0.622. The van der Waals surface area contributed by atoms with Crippen molar-refractivity contribution in [3.63, 3.8) is 0 Å². The number of ether oxygens (including phenoxy) is 2. The van der Waals surface area contributed by atoms with E-state index in [1.54, 1.807) is 0 Å². The van der Waals surface area contributed by atoms with E-state index in [1.165, 1.54) is 6.92 Å². The lowest BCUT2D eigenvalue weighted by Gasteiger charge is -2.39. The van der Waals surface area contributed by atoms with Gasteiger partial charge in [-0.3, -0.25) is 9.69 Å². The summed E-state index contributed by atoms with van der Waals surface area (Å²) in [6, 6.07) is 33.9. The molecule has 7 nitrogen and oxygen atoms in total. The number of aliphatic hydroxyl groups is 2. The van der Waals surface area contributed by atoms with Gasteiger partial charge in [0.2, 0.25) is 5.91 Å². The number of likely N-dealkylation sites (N-methyl/N-ethyl adjacent to an activating group) is 1. The number of nitrogens with one attached hydrogen (secondary N) is 1. The van der Waals surface area contributed by atoms with Crippen LogP contribution in [-0.4, -0.2) is 46.8 Å². The molecular weight excluding hydrogens is 552 g/mol. The summed E-state index contributed by atoms with van der Waals surface area (Å²) in [5.41, 5.74) is 6.87. The predicted octanol–water partition coefficient (Wildman–Crippen LogP) is 6.08. The summed E-state index contributed by atoms with van der Waals surface area (Å²) in [6.07, 6.45) is -0.870. The third-order valence-electron chi connectivity index (χ3n) is 8.38. The maximum atomic E-state index is 11.3. The van der Waals surface area contributed by atoms with E-state index in [1.807, 2.05) is 92.8 Å². The molecule has 1 aliphatic heterocycles. The van der Waals surface area contributed by atoms with Crippen molar-refractivity contribution in [1.29, 1.82) is 0 Å². The quantitative estimate of drug-likeness (QED) is 0.195. The number of hydrogen-bond acceptors (Lipinski definition) is 6. The Hall–Kier alpha value is -3.85. The van der Waals surface area contributed by atoms with Crippen LogP contribution < -0.4 is 5.32 Å². The van der Waals surface area contributed by atoms with Crippen LogP contribution in [0.5, 0.6) is 0 Å². The zero-order valence-corrected chi connectivity index (χ0v) is 25.6. The molecule has 0 aliphatic carbocycles. The zero-order chi connectivity index (χ0) is 31.1. The summed E-state index contributed by atoms with van der Waals surface area (Å²) in [5, 5.41) is 23.4. The third kappa shape index (κ3) is 8.00. The van der Waals surface area contributed by atoms with Gasteiger partial charge in [0.25, 0.3) is 0 Å². The molecule has 4 aromatic rings. The minimum Gasteiger partial charge on any atom is -0.392 e. The van der Waals surface area contributed by atoms with Crippen LogP contribution in [-0.2, 0) is 27.4 Å². The lowest BCUT2D eigenvalue weighted by Crippen LogP contribution is -2.43. The van der Waals surface area contributed by atoms with Crippen LogP contribution in [0.4, 0.5) is 0 Å². The van der Waals surface area contributed by atoms with Crippen molar-refractivity contribution in [3.8, 4) is 11.1 Å². The van der Waals surface area contributed by atoms with Crippen molar-refractivity contribution < 1.29 is 24.5 Å². The molecule has 44 heavy (non-hydrogen) atoms. The number of hydrogen-bond donors (Lipinski definition) is 3. The SMILES string of the molecule is CC(=O)NCc1cccc(-c2ccc([C@@H]3O[C@H](CN(C)[C@@H](C)[C@H](O)c4ccccc4)C[C@H](c4ccc(CO)cc4)O3)cc2)c1. The Bertz CT molecular complexity index is 1490. The standard InChI is InChI=1S/C37H42N2O5/c1-25(36(42)31-9-5-4-6-10-31)39(3)23-34-21-35(30-14-12-27(24-40)13-15-30)44-37(43-34)32-18-16-29(17-19-32)33-11-7-8-28(20-33)22-38-26(2)41/h4-20,25,34-37,40,42H,21-24H2,1-3H3,(H,38,41)/t25-,34-,35+,36-,37+/m0/s1. The summed E-state index contributed by atoms with van der Waals surface area (Å²) in [7, 11) is 2.02. The molecule has 5 rings (SSSR count). The summed E-state index contributed by atoms with van der Waals surface area (Å²) in [6.45, 7) is 4.65. The lowest BCUT2D eigenvalue weighted by atomic mass is 9.98. The van der Waals surface area contributed by atoms with Gasteiger partial charge < -0.3 is 25.0 Å². The van der Waals surface area contributed by atoms with Crippen LogP contribution in [0.25, 0.3) is 11.1 Å². The van der Waals surface area contributed by atoms with Gasteiger partial charge in [0.15, 0.2) is 6.29 Å². The maximum absolute atomic E-state index is 11.3. The minimum absolute atomic E-state index is 0.00488. The fourth-order valence-corrected chi connectivity index (χ4v) is 5.61. The van der Waals surface area contributed by atoms with Crippen LogP contribution in [0.2, 0.25) is 0 Å². The molecule has 0 saturated carbocycles. The van der Waals surface area contributed by atoms with Gasteiger partial charge >= 0.3 is 0 Å². The first-order chi connectivity index (χ1) is 21.3. The Morgan fingerprint density at radius 3 is 2.27 bits per heavy atom. The number of amides is 1. The monoisotopic (exact) mass is 594 g/mol. The van der Waals surface area contributed by atoms with E-state index in [0.717, 1.165) is 38.9 Å². The van der Waals surface area contributed by atoms with Gasteiger partial charge in [-0.25, -0.2) is 0 Å². The molecule has 0 radical (unpaired) electrons. The topological polar surface area (TPSA) is 91.3 Å². The average Bonchev–Trinajstić information content (AvgIpc) is 3.07. The number of benzene rings is 4. The first-order valence-electron chi connectivity index (χ1n) is 15.2. The molecule has 0 unspecified atom stereocenters. The number of nitrogens with zero attached hydrogens (tertiary/aromatic N) is 1. The molecule has 0 spiro atoms. The van der Waals surface area contributed by atoms with Crippen molar-refractivity contribution in [3.05, 3.63) is 131 Å². The van der Waals surface area contributed by atoms with Crippen LogP contribution >= 0.6 is 0 Å². The smallest absolute Gasteiger partial charge is 0.217 e. The van der Waals surface area contributed by atoms with Crippen molar-refractivity contribution >= 4 is 5.91 Å². The highest BCUT2D eigenvalue weighted by molar-refractivity contribution is 5.73. The van der Waals surface area contributed by atoms with Gasteiger partial charge in [-0.2, -0.15) is 0 Å². The van der Waals surface area contributed by atoms with E-state index in [0.29, 0.717) is 19.5 Å². The second-order valence-corrected chi connectivity index (χ2v) is 11.6. The maximum Gasteiger partial charge on any atom is 0.217 e. The number of carbonyl (C=O) groups is 1. The fraction of sp³-hybridized carbons (Fsp3) is 0.324. The normalized spacial score (nSPS) is 19.8. The van der Waals surface area contributed by atoms with Gasteiger partial charge in [-0.15, -0.1) is 0 Å². The van der Waals surface area contributed by atoms with E-state index in [-0.39, 0.29) is 30.8 Å². The van der Waals surface area contributed by atoms with Crippen LogP contribution in [0.15, 0.2) is 103 Å². The van der Waals surface area contributed by atoms with Gasteiger partial charge in [0.05, 0.1) is 24.9 Å². The molecule has 1 amide bonds. The third-order valence-corrected chi connectivity index (χ3v) is 8.38. The molecule has 1 heterocycles. The first-order valence-corrected chi connectivity index (χ1v) is 15.2. The molecule has 3 N–H and O–H groups in total. The van der Waals surface area contributed by atoms with E-state index < -0.39 is 12.4 Å². The van der Waals surface area contributed by atoms with Gasteiger partial charge in [-0.1, -0.05) is 97.1 Å². The molecule has 5 atom stereocenters. The van der Waals surface area contributed by atoms with Gasteiger partial charge in [0.1, 0.15) is 0 Å². The Morgan fingerprint density at radius 2 is 1.59 bits per heavy atom. The number of aliphatic hydroxyl groups excluding tert-OH is 2. The fourth-order valence-electron chi connectivity index (χ4n) is 5.61. The van der Waals surface area contributed by atoms with Crippen molar-refractivity contribution in [2.24, 2.45) is 0 Å². The summed E-state index contributed by atoms with van der Waals surface area (Å²) >= 11 is 0. The number of carbonyl (C=O) groups excluding carboxylic acids is 1. The average molecular weight is 595 g/mol. The van der Waals surface area contributed by atoms with Crippen molar-refractivity contribution in [2.45, 2.75) is 64.1 Å². The van der Waals surface area contributed by atoms with Crippen molar-refractivity contribution in [1.82, 2.24) is 10.2 Å². The van der Waals surface area contributed by atoms with E-state index in [2.05, 4.69) is 34.5 Å². The number of rotatable bonds is 11. The molecule has 7 heteroatoms. The molecule has 1 fully saturated rings. The first kappa shape index (κ1) is 31.6. The molecular formula is C37H42N2O5. The van der Waals surface area contributed by atoms with Crippen LogP contribution in [0, 0.1) is 0 Å². The molecule has 4 aromatic carbocycles. The Labute approximate surface area is 260 Å².